The maximum atomic E-state index is 13.3. The van der Waals surface area contributed by atoms with Crippen molar-refractivity contribution >= 4 is 30.9 Å². The number of hydrogen-bond donors (Lipinski definition) is 0. The second-order valence-corrected chi connectivity index (χ2v) is 12.8. The monoisotopic (exact) mass is 473 g/mol. The van der Waals surface area contributed by atoms with E-state index in [1.54, 1.807) is 36.5 Å². The van der Waals surface area contributed by atoms with Gasteiger partial charge in [-0.25, -0.2) is 16.8 Å². The molecule has 170 valence electrons. The van der Waals surface area contributed by atoms with Crippen LogP contribution in [0.1, 0.15) is 26.3 Å². The average molecular weight is 474 g/mol. The van der Waals surface area contributed by atoms with E-state index in [9.17, 15) is 16.8 Å². The van der Waals surface area contributed by atoms with Gasteiger partial charge in [-0.05, 0) is 35.2 Å². The van der Waals surface area contributed by atoms with Crippen molar-refractivity contribution in [2.24, 2.45) is 0 Å². The number of aromatic nitrogens is 1. The number of hydrogen-bond acceptors (Lipinski definition) is 5. The summed E-state index contributed by atoms with van der Waals surface area (Å²) in [4.78, 5) is 4.61. The third kappa shape index (κ3) is 4.17. The van der Waals surface area contributed by atoms with Crippen LogP contribution in [0, 0.1) is 0 Å². The summed E-state index contributed by atoms with van der Waals surface area (Å²) in [7, 11) is -7.49. The second-order valence-electron chi connectivity index (χ2n) is 8.91. The molecule has 0 amide bonds. The number of nitrogens with zero attached hydrogens (tertiary/aromatic N) is 3. The lowest BCUT2D eigenvalue weighted by Crippen LogP contribution is -2.50. The van der Waals surface area contributed by atoms with E-state index in [2.05, 4.69) is 25.8 Å². The van der Waals surface area contributed by atoms with Gasteiger partial charge in [-0.1, -0.05) is 51.1 Å². The number of pyridine rings is 1. The van der Waals surface area contributed by atoms with Crippen LogP contribution < -0.4 is 0 Å². The molecule has 9 heteroatoms. The molecule has 0 aliphatic carbocycles. The number of rotatable bonds is 4. The highest BCUT2D eigenvalue weighted by Crippen LogP contribution is 2.27. The van der Waals surface area contributed by atoms with Crippen molar-refractivity contribution < 1.29 is 16.8 Å². The molecule has 1 saturated heterocycles. The molecule has 3 aromatic rings. The standard InChI is InChI=1S/C23H27N3O4S2/c1-23(2,3)19-9-11-20(12-10-19)31(27,28)25-14-16-26(17-15-25)32(29,30)21-8-4-6-18-7-5-13-24-22(18)21/h4-13H,14-17H2,1-3H3. The molecular weight excluding hydrogens is 446 g/mol. The third-order valence-electron chi connectivity index (χ3n) is 5.77. The molecule has 0 unspecified atom stereocenters. The van der Waals surface area contributed by atoms with Crippen molar-refractivity contribution in [3.05, 3.63) is 66.4 Å². The first-order chi connectivity index (χ1) is 15.0. The number of benzene rings is 2. The van der Waals surface area contributed by atoms with Crippen molar-refractivity contribution in [3.8, 4) is 0 Å². The molecule has 0 bridgehead atoms. The van der Waals surface area contributed by atoms with Gasteiger partial charge in [0.25, 0.3) is 0 Å². The molecule has 1 aliphatic heterocycles. The molecule has 0 saturated carbocycles. The fourth-order valence-electron chi connectivity index (χ4n) is 3.85. The Hall–Kier alpha value is -2.33. The third-order valence-corrected chi connectivity index (χ3v) is 9.61. The van der Waals surface area contributed by atoms with Gasteiger partial charge in [-0.2, -0.15) is 8.61 Å². The fourth-order valence-corrected chi connectivity index (χ4v) is 6.86. The number of sulfonamides is 2. The Bertz CT molecular complexity index is 1330. The van der Waals surface area contributed by atoms with Crippen LogP contribution in [0.2, 0.25) is 0 Å². The minimum Gasteiger partial charge on any atom is -0.255 e. The Kier molecular flexibility index (Phi) is 5.87. The van der Waals surface area contributed by atoms with Crippen LogP contribution in [0.25, 0.3) is 10.9 Å². The molecule has 0 radical (unpaired) electrons. The van der Waals surface area contributed by atoms with Crippen LogP contribution >= 0.6 is 0 Å². The average Bonchev–Trinajstić information content (AvgIpc) is 2.78. The Morgan fingerprint density at radius 3 is 1.91 bits per heavy atom. The molecule has 4 rings (SSSR count). The van der Waals surface area contributed by atoms with Crippen LogP contribution in [0.5, 0.6) is 0 Å². The molecule has 1 aliphatic rings. The van der Waals surface area contributed by atoms with Gasteiger partial charge in [0, 0.05) is 37.8 Å². The summed E-state index contributed by atoms with van der Waals surface area (Å²) in [6, 6.07) is 15.6. The van der Waals surface area contributed by atoms with Gasteiger partial charge >= 0.3 is 0 Å². The molecule has 7 nitrogen and oxygen atoms in total. The topological polar surface area (TPSA) is 87.7 Å². The molecular formula is C23H27N3O4S2. The first-order valence-corrected chi connectivity index (χ1v) is 13.3. The summed E-state index contributed by atoms with van der Waals surface area (Å²) in [5, 5.41) is 0.744. The van der Waals surface area contributed by atoms with E-state index < -0.39 is 20.0 Å². The van der Waals surface area contributed by atoms with E-state index in [0.29, 0.717) is 5.52 Å². The quantitative estimate of drug-likeness (QED) is 0.581. The summed E-state index contributed by atoms with van der Waals surface area (Å²) >= 11 is 0. The number of fused-ring (bicyclic) bond motifs is 1. The minimum absolute atomic E-state index is 0.0707. The van der Waals surface area contributed by atoms with Crippen LogP contribution in [0.3, 0.4) is 0 Å². The van der Waals surface area contributed by atoms with Gasteiger partial charge in [0.2, 0.25) is 20.0 Å². The van der Waals surface area contributed by atoms with Gasteiger partial charge in [0.1, 0.15) is 4.90 Å². The normalized spacial score (nSPS) is 17.0. The smallest absolute Gasteiger partial charge is 0.245 e. The van der Waals surface area contributed by atoms with Gasteiger partial charge in [0.05, 0.1) is 10.4 Å². The van der Waals surface area contributed by atoms with Gasteiger partial charge < -0.3 is 0 Å². The van der Waals surface area contributed by atoms with Crippen molar-refractivity contribution in [2.45, 2.75) is 36.0 Å². The molecule has 0 spiro atoms. The van der Waals surface area contributed by atoms with Gasteiger partial charge in [-0.3, -0.25) is 4.98 Å². The number of piperazine rings is 1. The first-order valence-electron chi connectivity index (χ1n) is 10.5. The summed E-state index contributed by atoms with van der Waals surface area (Å²) in [6.45, 7) is 6.59. The predicted molar refractivity (Wildman–Crippen MR) is 124 cm³/mol. The highest BCUT2D eigenvalue weighted by atomic mass is 32.2. The van der Waals surface area contributed by atoms with Crippen LogP contribution in [0.15, 0.2) is 70.6 Å². The zero-order chi connectivity index (χ0) is 23.1. The lowest BCUT2D eigenvalue weighted by Gasteiger charge is -2.33. The summed E-state index contributed by atoms with van der Waals surface area (Å²) < 4.78 is 55.4. The van der Waals surface area contributed by atoms with Crippen molar-refractivity contribution in [1.29, 1.82) is 0 Å². The van der Waals surface area contributed by atoms with E-state index in [-0.39, 0.29) is 41.4 Å². The lowest BCUT2D eigenvalue weighted by molar-refractivity contribution is 0.273. The molecule has 1 fully saturated rings. The maximum Gasteiger partial charge on any atom is 0.245 e. The van der Waals surface area contributed by atoms with Crippen molar-refractivity contribution in [3.63, 3.8) is 0 Å². The first kappa shape index (κ1) is 22.8. The van der Waals surface area contributed by atoms with Crippen molar-refractivity contribution in [1.82, 2.24) is 13.6 Å². The van der Waals surface area contributed by atoms with Gasteiger partial charge in [-0.15, -0.1) is 0 Å². The Labute approximate surface area is 189 Å². The highest BCUT2D eigenvalue weighted by Gasteiger charge is 2.34. The van der Waals surface area contributed by atoms with Gasteiger partial charge in [0.15, 0.2) is 0 Å². The Morgan fingerprint density at radius 1 is 0.750 bits per heavy atom. The van der Waals surface area contributed by atoms with E-state index >= 15 is 0 Å². The Morgan fingerprint density at radius 2 is 1.31 bits per heavy atom. The second kappa shape index (κ2) is 8.22. The van der Waals surface area contributed by atoms with E-state index in [1.807, 2.05) is 24.3 Å². The van der Waals surface area contributed by atoms with Crippen LogP contribution in [0.4, 0.5) is 0 Å². The molecule has 2 heterocycles. The molecule has 0 atom stereocenters. The SMILES string of the molecule is CC(C)(C)c1ccc(S(=O)(=O)N2CCN(S(=O)(=O)c3cccc4cccnc34)CC2)cc1. The maximum absolute atomic E-state index is 13.3. The largest absolute Gasteiger partial charge is 0.255 e. The van der Waals surface area contributed by atoms with E-state index in [1.165, 1.54) is 8.61 Å². The van der Waals surface area contributed by atoms with E-state index in [4.69, 9.17) is 0 Å². The summed E-state index contributed by atoms with van der Waals surface area (Å²) in [5.74, 6) is 0. The summed E-state index contributed by atoms with van der Waals surface area (Å²) in [6.07, 6.45) is 1.57. The zero-order valence-corrected chi connectivity index (χ0v) is 20.0. The number of para-hydroxylation sites is 1. The van der Waals surface area contributed by atoms with Crippen molar-refractivity contribution in [2.75, 3.05) is 26.2 Å². The molecule has 2 aromatic carbocycles. The molecule has 32 heavy (non-hydrogen) atoms. The molecule has 1 aromatic heterocycles. The van der Waals surface area contributed by atoms with E-state index in [0.717, 1.165) is 10.9 Å². The lowest BCUT2D eigenvalue weighted by atomic mass is 9.87. The molecule has 0 N–H and O–H groups in total. The minimum atomic E-state index is -3.79. The zero-order valence-electron chi connectivity index (χ0n) is 18.4. The summed E-state index contributed by atoms with van der Waals surface area (Å²) in [5.41, 5.74) is 1.40. The predicted octanol–water partition coefficient (Wildman–Crippen LogP) is 3.23. The Balaban J connectivity index is 1.53. The fraction of sp³-hybridized carbons (Fsp3) is 0.348. The highest BCUT2D eigenvalue weighted by molar-refractivity contribution is 7.89. The van der Waals surface area contributed by atoms with Crippen LogP contribution in [-0.4, -0.2) is 56.6 Å². The van der Waals surface area contributed by atoms with Crippen LogP contribution in [-0.2, 0) is 25.5 Å².